The van der Waals surface area contributed by atoms with E-state index < -0.39 is 6.16 Å². The third kappa shape index (κ3) is 2.99. The van der Waals surface area contributed by atoms with Gasteiger partial charge < -0.3 is 9.47 Å². The highest BCUT2D eigenvalue weighted by Crippen LogP contribution is 2.27. The van der Waals surface area contributed by atoms with Crippen molar-refractivity contribution in [1.29, 1.82) is 0 Å². The molecule has 2 aromatic rings. The monoisotopic (exact) mass is 270 g/mol. The highest BCUT2D eigenvalue weighted by atomic mass is 16.7. The number of benzene rings is 2. The van der Waals surface area contributed by atoms with Crippen LogP contribution in [0.25, 0.3) is 0 Å². The lowest BCUT2D eigenvalue weighted by molar-refractivity contribution is 0.151. The predicted molar refractivity (Wildman–Crippen MR) is 78.5 cm³/mol. The first-order valence-electron chi connectivity index (χ1n) is 6.51. The predicted octanol–water partition coefficient (Wildman–Crippen LogP) is 4.50. The number of rotatable bonds is 2. The van der Waals surface area contributed by atoms with Crippen molar-refractivity contribution in [2.24, 2.45) is 0 Å². The molecule has 0 fully saturated rings. The zero-order valence-corrected chi connectivity index (χ0v) is 12.2. The van der Waals surface area contributed by atoms with E-state index in [1.807, 2.05) is 32.9 Å². The van der Waals surface area contributed by atoms with E-state index in [1.54, 1.807) is 24.3 Å². The van der Waals surface area contributed by atoms with Crippen molar-refractivity contribution in [2.75, 3.05) is 0 Å². The molecule has 0 bridgehead atoms. The van der Waals surface area contributed by atoms with Gasteiger partial charge in [-0.1, -0.05) is 18.2 Å². The van der Waals surface area contributed by atoms with Crippen molar-refractivity contribution >= 4 is 6.16 Å². The van der Waals surface area contributed by atoms with Gasteiger partial charge in [0.25, 0.3) is 0 Å². The van der Waals surface area contributed by atoms with Crippen molar-refractivity contribution in [3.63, 3.8) is 0 Å². The molecule has 0 aliphatic heterocycles. The Morgan fingerprint density at radius 3 is 2.15 bits per heavy atom. The van der Waals surface area contributed by atoms with Crippen LogP contribution in [0.3, 0.4) is 0 Å². The van der Waals surface area contributed by atoms with Crippen LogP contribution in [0.5, 0.6) is 11.5 Å². The van der Waals surface area contributed by atoms with Gasteiger partial charge in [-0.25, -0.2) is 4.79 Å². The van der Waals surface area contributed by atoms with Crippen LogP contribution in [-0.4, -0.2) is 6.16 Å². The van der Waals surface area contributed by atoms with E-state index in [2.05, 4.69) is 6.92 Å². The number of hydrogen-bond acceptors (Lipinski definition) is 3. The molecule has 0 spiro atoms. The quantitative estimate of drug-likeness (QED) is 0.595. The molecule has 0 saturated carbocycles. The molecule has 0 radical (unpaired) electrons. The van der Waals surface area contributed by atoms with Gasteiger partial charge in [0.1, 0.15) is 11.5 Å². The lowest BCUT2D eigenvalue weighted by Crippen LogP contribution is -2.15. The molecule has 0 aliphatic rings. The second-order valence-corrected chi connectivity index (χ2v) is 4.83. The van der Waals surface area contributed by atoms with Crippen LogP contribution in [0.15, 0.2) is 36.4 Å². The molecule has 0 aromatic heterocycles. The van der Waals surface area contributed by atoms with E-state index in [-0.39, 0.29) is 0 Å². The van der Waals surface area contributed by atoms with Crippen LogP contribution >= 0.6 is 0 Å². The number of ether oxygens (including phenoxy) is 2. The molecule has 0 aliphatic carbocycles. The summed E-state index contributed by atoms with van der Waals surface area (Å²) < 4.78 is 10.4. The molecule has 2 aromatic carbocycles. The van der Waals surface area contributed by atoms with Gasteiger partial charge in [-0.05, 0) is 68.1 Å². The molecule has 0 heterocycles. The largest absolute Gasteiger partial charge is 0.519 e. The Hall–Kier alpha value is -2.29. The van der Waals surface area contributed by atoms with E-state index in [1.165, 1.54) is 5.56 Å². The SMILES string of the molecule is Cc1cc(OC(=O)Oc2ccccc2)c(C)c(C)c1C. The highest BCUT2D eigenvalue weighted by Gasteiger charge is 2.13. The third-order valence-electron chi connectivity index (χ3n) is 3.57. The molecule has 2 rings (SSSR count). The summed E-state index contributed by atoms with van der Waals surface area (Å²) in [5.74, 6) is 1.02. The molecule has 0 N–H and O–H groups in total. The minimum absolute atomic E-state index is 0.468. The van der Waals surface area contributed by atoms with Crippen LogP contribution in [0, 0.1) is 27.7 Å². The Labute approximate surface area is 119 Å². The molecular formula is C17H18O3. The number of para-hydroxylation sites is 1. The molecule has 0 amide bonds. The van der Waals surface area contributed by atoms with Gasteiger partial charge in [0.05, 0.1) is 0 Å². The molecule has 0 unspecified atom stereocenters. The van der Waals surface area contributed by atoms with Crippen molar-refractivity contribution in [3.05, 3.63) is 58.7 Å². The minimum Gasteiger partial charge on any atom is -0.395 e. The summed E-state index contributed by atoms with van der Waals surface area (Å²) in [5.41, 5.74) is 4.40. The smallest absolute Gasteiger partial charge is 0.395 e. The van der Waals surface area contributed by atoms with Crippen LogP contribution in [0.4, 0.5) is 4.79 Å². The second kappa shape index (κ2) is 5.78. The standard InChI is InChI=1S/C17H18O3/c1-11-10-16(14(4)13(3)12(11)2)20-17(18)19-15-8-6-5-7-9-15/h5-10H,1-4H3. The van der Waals surface area contributed by atoms with E-state index in [4.69, 9.17) is 9.47 Å². The number of aryl methyl sites for hydroxylation is 1. The summed E-state index contributed by atoms with van der Waals surface area (Å²) in [5, 5.41) is 0. The van der Waals surface area contributed by atoms with Crippen LogP contribution in [0.2, 0.25) is 0 Å². The van der Waals surface area contributed by atoms with Gasteiger partial charge in [-0.3, -0.25) is 0 Å². The first kappa shape index (κ1) is 14.1. The normalized spacial score (nSPS) is 10.2. The zero-order chi connectivity index (χ0) is 14.7. The second-order valence-electron chi connectivity index (χ2n) is 4.83. The third-order valence-corrected chi connectivity index (χ3v) is 3.57. The fourth-order valence-electron chi connectivity index (χ4n) is 1.98. The van der Waals surface area contributed by atoms with Gasteiger partial charge in [-0.15, -0.1) is 0 Å². The van der Waals surface area contributed by atoms with E-state index >= 15 is 0 Å². The van der Waals surface area contributed by atoms with Gasteiger partial charge in [-0.2, -0.15) is 0 Å². The maximum absolute atomic E-state index is 11.8. The van der Waals surface area contributed by atoms with Gasteiger partial charge in [0, 0.05) is 0 Å². The summed E-state index contributed by atoms with van der Waals surface area (Å²) in [6.07, 6.45) is -0.720. The molecule has 0 atom stereocenters. The molecule has 20 heavy (non-hydrogen) atoms. The summed E-state index contributed by atoms with van der Waals surface area (Å²) in [4.78, 5) is 11.8. The molecule has 3 nitrogen and oxygen atoms in total. The van der Waals surface area contributed by atoms with E-state index in [0.29, 0.717) is 11.5 Å². The summed E-state index contributed by atoms with van der Waals surface area (Å²) in [6.45, 7) is 8.01. The minimum atomic E-state index is -0.720. The summed E-state index contributed by atoms with van der Waals surface area (Å²) >= 11 is 0. The first-order valence-corrected chi connectivity index (χ1v) is 6.51. The van der Waals surface area contributed by atoms with Crippen LogP contribution in [-0.2, 0) is 0 Å². The summed E-state index contributed by atoms with van der Waals surface area (Å²) in [6, 6.07) is 10.7. The Morgan fingerprint density at radius 2 is 1.50 bits per heavy atom. The highest BCUT2D eigenvalue weighted by molar-refractivity contribution is 5.68. The average Bonchev–Trinajstić information content (AvgIpc) is 2.43. The van der Waals surface area contributed by atoms with Crippen molar-refractivity contribution in [2.45, 2.75) is 27.7 Å². The first-order chi connectivity index (χ1) is 9.49. The summed E-state index contributed by atoms with van der Waals surface area (Å²) in [7, 11) is 0. The topological polar surface area (TPSA) is 35.5 Å². The van der Waals surface area contributed by atoms with Crippen molar-refractivity contribution < 1.29 is 14.3 Å². The van der Waals surface area contributed by atoms with Crippen LogP contribution < -0.4 is 9.47 Å². The Morgan fingerprint density at radius 1 is 0.850 bits per heavy atom. The van der Waals surface area contributed by atoms with E-state index in [0.717, 1.165) is 16.7 Å². The van der Waals surface area contributed by atoms with E-state index in [9.17, 15) is 4.79 Å². The van der Waals surface area contributed by atoms with Crippen molar-refractivity contribution in [3.8, 4) is 11.5 Å². The molecule has 104 valence electrons. The van der Waals surface area contributed by atoms with Gasteiger partial charge >= 0.3 is 6.16 Å². The molecule has 0 saturated heterocycles. The van der Waals surface area contributed by atoms with Crippen LogP contribution in [0.1, 0.15) is 22.3 Å². The lowest BCUT2D eigenvalue weighted by atomic mass is 9.99. The average molecular weight is 270 g/mol. The maximum Gasteiger partial charge on any atom is 0.519 e. The van der Waals surface area contributed by atoms with Gasteiger partial charge in [0.2, 0.25) is 0 Å². The number of hydrogen-bond donors (Lipinski definition) is 0. The Bertz CT molecular complexity index is 630. The Balaban J connectivity index is 2.16. The van der Waals surface area contributed by atoms with Gasteiger partial charge in [0.15, 0.2) is 0 Å². The number of carbonyl (C=O) groups excluding carboxylic acids is 1. The molecule has 3 heteroatoms. The van der Waals surface area contributed by atoms with Crippen molar-refractivity contribution in [1.82, 2.24) is 0 Å². The number of carbonyl (C=O) groups is 1. The fraction of sp³-hybridized carbons (Fsp3) is 0.235. The zero-order valence-electron chi connectivity index (χ0n) is 12.2. The fourth-order valence-corrected chi connectivity index (χ4v) is 1.98. The molecular weight excluding hydrogens is 252 g/mol. The maximum atomic E-state index is 11.8. The Kier molecular flexibility index (Phi) is 4.08. The lowest BCUT2D eigenvalue weighted by Gasteiger charge is -2.13.